The zero-order chi connectivity index (χ0) is 15.9. The first-order valence-corrected chi connectivity index (χ1v) is 8.46. The molecule has 2 rings (SSSR count). The summed E-state index contributed by atoms with van der Waals surface area (Å²) in [7, 11) is 0. The number of benzene rings is 1. The third-order valence-electron chi connectivity index (χ3n) is 3.45. The fourth-order valence-electron chi connectivity index (χ4n) is 2.18. The van der Waals surface area contributed by atoms with E-state index in [0.29, 0.717) is 18.9 Å². The Kier molecular flexibility index (Phi) is 6.01. The van der Waals surface area contributed by atoms with Crippen LogP contribution in [0.4, 0.5) is 0 Å². The Morgan fingerprint density at radius 3 is 2.55 bits per heavy atom. The molecular formula is C18H23NO2S. The van der Waals surface area contributed by atoms with Crippen molar-refractivity contribution in [1.29, 1.82) is 0 Å². The summed E-state index contributed by atoms with van der Waals surface area (Å²) < 4.78 is 5.61. The standard InChI is InChI=1S/C18H23NO2S/c1-13(2)18(16-5-4-12-22-16)19-17(20)10-11-21-15-8-6-14(3)7-9-15/h4-9,12-13,18H,10-11H2,1-3H3,(H,19,20)/t18-/m0/s1. The maximum absolute atomic E-state index is 12.1. The van der Waals surface area contributed by atoms with Gasteiger partial charge in [0.05, 0.1) is 19.1 Å². The number of carbonyl (C=O) groups excluding carboxylic acids is 1. The Labute approximate surface area is 136 Å². The van der Waals surface area contributed by atoms with E-state index in [1.165, 1.54) is 10.4 Å². The first-order chi connectivity index (χ1) is 10.6. The molecular weight excluding hydrogens is 294 g/mol. The van der Waals surface area contributed by atoms with Crippen molar-refractivity contribution in [2.24, 2.45) is 5.92 Å². The lowest BCUT2D eigenvalue weighted by Gasteiger charge is -2.21. The quantitative estimate of drug-likeness (QED) is 0.825. The van der Waals surface area contributed by atoms with Gasteiger partial charge < -0.3 is 10.1 Å². The SMILES string of the molecule is Cc1ccc(OCCC(=O)N[C@H](c2cccs2)C(C)C)cc1. The molecule has 0 spiro atoms. The highest BCUT2D eigenvalue weighted by Gasteiger charge is 2.18. The molecule has 0 aliphatic carbocycles. The van der Waals surface area contributed by atoms with Gasteiger partial charge in [-0.2, -0.15) is 0 Å². The van der Waals surface area contributed by atoms with Crippen molar-refractivity contribution in [1.82, 2.24) is 5.32 Å². The van der Waals surface area contributed by atoms with Crippen LogP contribution < -0.4 is 10.1 Å². The fourth-order valence-corrected chi connectivity index (χ4v) is 3.13. The average Bonchev–Trinajstić information content (AvgIpc) is 3.00. The number of amides is 1. The fraction of sp³-hybridized carbons (Fsp3) is 0.389. The van der Waals surface area contributed by atoms with Crippen molar-refractivity contribution < 1.29 is 9.53 Å². The van der Waals surface area contributed by atoms with Crippen LogP contribution in [0.2, 0.25) is 0 Å². The zero-order valence-electron chi connectivity index (χ0n) is 13.3. The second-order valence-electron chi connectivity index (χ2n) is 5.72. The van der Waals surface area contributed by atoms with Gasteiger partial charge in [-0.05, 0) is 36.4 Å². The molecule has 0 bridgehead atoms. The maximum atomic E-state index is 12.1. The number of hydrogen-bond acceptors (Lipinski definition) is 3. The van der Waals surface area contributed by atoms with Gasteiger partial charge in [-0.3, -0.25) is 4.79 Å². The van der Waals surface area contributed by atoms with Crippen LogP contribution in [0.1, 0.15) is 36.8 Å². The summed E-state index contributed by atoms with van der Waals surface area (Å²) in [5.74, 6) is 1.19. The summed E-state index contributed by atoms with van der Waals surface area (Å²) in [5, 5.41) is 5.14. The molecule has 1 aromatic heterocycles. The summed E-state index contributed by atoms with van der Waals surface area (Å²) in [4.78, 5) is 13.3. The second-order valence-corrected chi connectivity index (χ2v) is 6.70. The topological polar surface area (TPSA) is 38.3 Å². The minimum atomic E-state index is 0.0270. The monoisotopic (exact) mass is 317 g/mol. The molecule has 0 saturated carbocycles. The predicted molar refractivity (Wildman–Crippen MR) is 91.3 cm³/mol. The third kappa shape index (κ3) is 4.88. The largest absolute Gasteiger partial charge is 0.493 e. The van der Waals surface area contributed by atoms with Gasteiger partial charge in [0, 0.05) is 4.88 Å². The smallest absolute Gasteiger partial charge is 0.223 e. The number of thiophene rings is 1. The number of ether oxygens (including phenoxy) is 1. The molecule has 1 aromatic carbocycles. The summed E-state index contributed by atoms with van der Waals surface area (Å²) in [6.07, 6.45) is 0.364. The van der Waals surface area contributed by atoms with Crippen LogP contribution in [0.25, 0.3) is 0 Å². The Hall–Kier alpha value is -1.81. The molecule has 4 heteroatoms. The molecule has 1 atom stereocenters. The van der Waals surface area contributed by atoms with Crippen LogP contribution >= 0.6 is 11.3 Å². The van der Waals surface area contributed by atoms with Crippen molar-refractivity contribution in [2.75, 3.05) is 6.61 Å². The molecule has 0 unspecified atom stereocenters. The van der Waals surface area contributed by atoms with Crippen molar-refractivity contribution in [2.45, 2.75) is 33.2 Å². The van der Waals surface area contributed by atoms with E-state index < -0.39 is 0 Å². The molecule has 22 heavy (non-hydrogen) atoms. The molecule has 0 aliphatic heterocycles. The van der Waals surface area contributed by atoms with Gasteiger partial charge in [0.25, 0.3) is 0 Å². The van der Waals surface area contributed by atoms with Gasteiger partial charge in [-0.25, -0.2) is 0 Å². The zero-order valence-corrected chi connectivity index (χ0v) is 14.2. The van der Waals surface area contributed by atoms with Crippen molar-refractivity contribution in [3.63, 3.8) is 0 Å². The molecule has 0 saturated heterocycles. The summed E-state index contributed by atoms with van der Waals surface area (Å²) in [6, 6.07) is 12.0. The molecule has 1 amide bonds. The van der Waals surface area contributed by atoms with Crippen molar-refractivity contribution >= 4 is 17.2 Å². The molecule has 118 valence electrons. The van der Waals surface area contributed by atoms with Gasteiger partial charge in [0.15, 0.2) is 0 Å². The lowest BCUT2D eigenvalue weighted by molar-refractivity contribution is -0.122. The number of aryl methyl sites for hydroxylation is 1. The van der Waals surface area contributed by atoms with E-state index in [1.54, 1.807) is 11.3 Å². The van der Waals surface area contributed by atoms with Gasteiger partial charge >= 0.3 is 0 Å². The van der Waals surface area contributed by atoms with E-state index >= 15 is 0 Å². The minimum Gasteiger partial charge on any atom is -0.493 e. The molecule has 0 aliphatic rings. The highest BCUT2D eigenvalue weighted by Crippen LogP contribution is 2.25. The molecule has 0 radical (unpaired) electrons. The van der Waals surface area contributed by atoms with E-state index in [0.717, 1.165) is 5.75 Å². The lowest BCUT2D eigenvalue weighted by Crippen LogP contribution is -2.32. The van der Waals surface area contributed by atoms with Crippen molar-refractivity contribution in [3.05, 3.63) is 52.2 Å². The predicted octanol–water partition coefficient (Wildman–Crippen LogP) is 4.34. The van der Waals surface area contributed by atoms with Crippen LogP contribution in [0.5, 0.6) is 5.75 Å². The third-order valence-corrected chi connectivity index (χ3v) is 4.41. The van der Waals surface area contributed by atoms with Gasteiger partial charge in [-0.15, -0.1) is 11.3 Å². The maximum Gasteiger partial charge on any atom is 0.223 e. The van der Waals surface area contributed by atoms with Gasteiger partial charge in [0.1, 0.15) is 5.75 Å². The molecule has 2 aromatic rings. The summed E-state index contributed by atoms with van der Waals surface area (Å²) in [5.41, 5.74) is 1.20. The van der Waals surface area contributed by atoms with E-state index in [1.807, 2.05) is 42.6 Å². The van der Waals surface area contributed by atoms with Crippen LogP contribution in [-0.2, 0) is 4.79 Å². The number of nitrogens with one attached hydrogen (secondary N) is 1. The van der Waals surface area contributed by atoms with Gasteiger partial charge in [-0.1, -0.05) is 37.6 Å². The highest BCUT2D eigenvalue weighted by atomic mass is 32.1. The van der Waals surface area contributed by atoms with E-state index in [2.05, 4.69) is 25.2 Å². The number of hydrogen-bond donors (Lipinski definition) is 1. The van der Waals surface area contributed by atoms with Crippen LogP contribution in [0.15, 0.2) is 41.8 Å². The van der Waals surface area contributed by atoms with E-state index in [9.17, 15) is 4.79 Å². The second kappa shape index (κ2) is 7.99. The van der Waals surface area contributed by atoms with Gasteiger partial charge in [0.2, 0.25) is 5.91 Å². The first kappa shape index (κ1) is 16.6. The lowest BCUT2D eigenvalue weighted by atomic mass is 10.0. The molecule has 1 N–H and O–H groups in total. The van der Waals surface area contributed by atoms with Crippen molar-refractivity contribution in [3.8, 4) is 5.75 Å². The average molecular weight is 317 g/mol. The summed E-state index contributed by atoms with van der Waals surface area (Å²) in [6.45, 7) is 6.67. The Balaban J connectivity index is 1.80. The molecule has 0 fully saturated rings. The summed E-state index contributed by atoms with van der Waals surface area (Å²) >= 11 is 1.68. The van der Waals surface area contributed by atoms with Crippen LogP contribution in [-0.4, -0.2) is 12.5 Å². The van der Waals surface area contributed by atoms with Crippen LogP contribution in [0, 0.1) is 12.8 Å². The Morgan fingerprint density at radius 1 is 1.23 bits per heavy atom. The first-order valence-electron chi connectivity index (χ1n) is 7.58. The Morgan fingerprint density at radius 2 is 1.95 bits per heavy atom. The molecule has 3 nitrogen and oxygen atoms in total. The number of rotatable bonds is 7. The normalized spacial score (nSPS) is 12.2. The van der Waals surface area contributed by atoms with Crippen LogP contribution in [0.3, 0.4) is 0 Å². The Bertz CT molecular complexity index is 576. The number of carbonyl (C=O) groups is 1. The van der Waals surface area contributed by atoms with E-state index in [4.69, 9.17) is 4.74 Å². The molecule has 1 heterocycles. The highest BCUT2D eigenvalue weighted by molar-refractivity contribution is 7.10. The minimum absolute atomic E-state index is 0.0270. The van der Waals surface area contributed by atoms with E-state index in [-0.39, 0.29) is 11.9 Å².